The molecule has 0 aliphatic rings. The van der Waals surface area contributed by atoms with Crippen LogP contribution in [0, 0.1) is 0 Å². The first-order chi connectivity index (χ1) is 31.4. The Morgan fingerprint density at radius 3 is 2.00 bits per heavy atom. The molecule has 0 fully saturated rings. The van der Waals surface area contributed by atoms with E-state index in [2.05, 4.69) is 4.98 Å². The van der Waals surface area contributed by atoms with Gasteiger partial charge in [0.05, 0.1) is 33.0 Å². The van der Waals surface area contributed by atoms with Crippen LogP contribution in [0.25, 0.3) is 94.7 Å². The average Bonchev–Trinajstić information content (AvgIpc) is 3.88. The topological polar surface area (TPSA) is 56.7 Å². The highest BCUT2D eigenvalue weighted by atomic mass is 16.3. The number of furan rings is 1. The molecule has 0 radical (unpaired) electrons. The highest BCUT2D eigenvalue weighted by molar-refractivity contribution is 6.10. The fraction of sp³-hybridized carbons (Fsp3) is 0. The zero-order chi connectivity index (χ0) is 46.9. The van der Waals surface area contributed by atoms with Gasteiger partial charge >= 0.3 is 0 Å². The Morgan fingerprint density at radius 2 is 1.12 bits per heavy atom. The van der Waals surface area contributed by atoms with Crippen LogP contribution in [0.5, 0.6) is 0 Å². The third-order valence-corrected chi connectivity index (χ3v) is 8.27. The summed E-state index contributed by atoms with van der Waals surface area (Å²) in [6, 6.07) is 9.50. The zero-order valence-electron chi connectivity index (χ0n) is 41.6. The summed E-state index contributed by atoms with van der Waals surface area (Å²) in [5.74, 6) is -0.0609. The summed E-state index contributed by atoms with van der Waals surface area (Å²) >= 11 is 0. The number of hydrogen-bond acceptors (Lipinski definition) is 4. The largest absolute Gasteiger partial charge is 0.456 e. The lowest BCUT2D eigenvalue weighted by molar-refractivity contribution is 0.669. The number of benzene rings is 7. The molecule has 50 heavy (non-hydrogen) atoms. The maximum atomic E-state index is 9.69. The van der Waals surface area contributed by atoms with E-state index in [0.29, 0.717) is 22.3 Å². The molecular weight excluding hydrogens is 613 g/mol. The quantitative estimate of drug-likeness (QED) is 0.185. The SMILES string of the molecule is [2H]c1c([2H])c([2H])c(-n2c3c([2H])c([2H])c([2H])c([2H])c3c3c([2H])c(-c4c([2H])c([2H])c([2H])c(-c5nc(-c6ccccc6)nc(-c6ccc7c(c6)oc6ccccc67)n5)c4[2H])c([2H])c([2H])c32)c([2H])c1[2H]. The molecule has 0 N–H and O–H groups in total. The van der Waals surface area contributed by atoms with Crippen LogP contribution in [0.4, 0.5) is 0 Å². The second-order valence-electron chi connectivity index (χ2n) is 11.2. The van der Waals surface area contributed by atoms with E-state index in [4.69, 9.17) is 30.8 Å². The van der Waals surface area contributed by atoms with Crippen LogP contribution >= 0.6 is 0 Å². The van der Waals surface area contributed by atoms with Crippen molar-refractivity contribution in [3.63, 3.8) is 0 Å². The van der Waals surface area contributed by atoms with E-state index >= 15 is 0 Å². The number of para-hydroxylation sites is 3. The van der Waals surface area contributed by atoms with Gasteiger partial charge in [-0.3, -0.25) is 0 Å². The maximum absolute atomic E-state index is 9.69. The molecule has 10 rings (SSSR count). The van der Waals surface area contributed by atoms with Gasteiger partial charge in [-0.1, -0.05) is 115 Å². The van der Waals surface area contributed by atoms with Crippen molar-refractivity contribution in [2.24, 2.45) is 0 Å². The third kappa shape index (κ3) is 4.67. The van der Waals surface area contributed by atoms with Crippen LogP contribution < -0.4 is 0 Å². The summed E-state index contributed by atoms with van der Waals surface area (Å²) in [6.07, 6.45) is 0. The fourth-order valence-electron chi connectivity index (χ4n) is 6.00. The first kappa shape index (κ1) is 16.5. The molecule has 234 valence electrons. The fourth-order valence-corrected chi connectivity index (χ4v) is 6.00. The molecule has 0 atom stereocenters. The Morgan fingerprint density at radius 1 is 0.440 bits per heavy atom. The van der Waals surface area contributed by atoms with Gasteiger partial charge in [0, 0.05) is 43.9 Å². The van der Waals surface area contributed by atoms with Gasteiger partial charge in [-0.2, -0.15) is 0 Å². The van der Waals surface area contributed by atoms with Crippen LogP contribution in [0.3, 0.4) is 0 Å². The van der Waals surface area contributed by atoms with E-state index in [9.17, 15) is 5.48 Å². The lowest BCUT2D eigenvalue weighted by atomic mass is 10.0. The second-order valence-corrected chi connectivity index (χ2v) is 11.2. The van der Waals surface area contributed by atoms with Crippen molar-refractivity contribution in [1.82, 2.24) is 19.5 Å². The molecule has 3 aromatic heterocycles. The van der Waals surface area contributed by atoms with Crippen molar-refractivity contribution in [3.8, 4) is 51.0 Å². The van der Waals surface area contributed by atoms with Crippen LogP contribution in [-0.2, 0) is 0 Å². The highest BCUT2D eigenvalue weighted by Gasteiger charge is 2.16. The van der Waals surface area contributed by atoms with E-state index in [1.807, 2.05) is 30.3 Å². The standard InChI is InChI=1S/C45H28N4O/c1-3-12-29(13-4-1)43-46-44(48-45(47-43)33-22-24-37-36-19-8-10-21-41(36)50-42(37)28-33)32-15-11-14-30(26-32)31-23-25-40-38(27-31)35-18-7-9-20-39(35)49(40)34-16-5-2-6-17-34/h1-28H/i2D,5D,6D,7D,9D,11D,14D,15D,16D,17D,18D,20D,23D,25D,26D,27D. The Hall–Kier alpha value is -6.85. The lowest BCUT2D eigenvalue weighted by Gasteiger charge is -2.10. The first-order valence-electron chi connectivity index (χ1n) is 23.4. The summed E-state index contributed by atoms with van der Waals surface area (Å²) in [5.41, 5.74) is -0.898. The summed E-state index contributed by atoms with van der Waals surface area (Å²) in [4.78, 5) is 14.1. The van der Waals surface area contributed by atoms with Crippen molar-refractivity contribution in [2.75, 3.05) is 0 Å². The van der Waals surface area contributed by atoms with Crippen LogP contribution in [-0.4, -0.2) is 19.5 Å². The van der Waals surface area contributed by atoms with Gasteiger partial charge in [-0.05, 0) is 65.6 Å². The Labute approximate surface area is 310 Å². The van der Waals surface area contributed by atoms with Gasteiger partial charge in [-0.25, -0.2) is 15.0 Å². The molecule has 3 heterocycles. The van der Waals surface area contributed by atoms with E-state index in [-0.39, 0.29) is 23.0 Å². The average molecular weight is 657 g/mol. The molecule has 10 aromatic rings. The number of fused-ring (bicyclic) bond motifs is 6. The van der Waals surface area contributed by atoms with Crippen LogP contribution in [0.1, 0.15) is 21.9 Å². The Balaban J connectivity index is 1.29. The van der Waals surface area contributed by atoms with Crippen LogP contribution in [0.15, 0.2) is 174 Å². The lowest BCUT2D eigenvalue weighted by Crippen LogP contribution is -2.00. The van der Waals surface area contributed by atoms with Crippen molar-refractivity contribution in [1.29, 1.82) is 0 Å². The Bertz CT molecular complexity index is 3770. The molecule has 5 heteroatoms. The van der Waals surface area contributed by atoms with Gasteiger partial charge in [0.1, 0.15) is 11.2 Å². The zero-order valence-corrected chi connectivity index (χ0v) is 25.6. The summed E-state index contributed by atoms with van der Waals surface area (Å²) in [5, 5.41) is 0.898. The molecule has 0 bridgehead atoms. The van der Waals surface area contributed by atoms with Crippen molar-refractivity contribution < 1.29 is 26.3 Å². The smallest absolute Gasteiger partial charge is 0.164 e. The maximum Gasteiger partial charge on any atom is 0.164 e. The normalized spacial score (nSPS) is 16.1. The predicted molar refractivity (Wildman–Crippen MR) is 203 cm³/mol. The monoisotopic (exact) mass is 656 g/mol. The van der Waals surface area contributed by atoms with Crippen molar-refractivity contribution >= 4 is 43.7 Å². The van der Waals surface area contributed by atoms with E-state index in [0.717, 1.165) is 15.3 Å². The molecule has 7 aromatic carbocycles. The van der Waals surface area contributed by atoms with Crippen molar-refractivity contribution in [3.05, 3.63) is 169 Å². The molecule has 0 amide bonds. The number of hydrogen-bond donors (Lipinski definition) is 0. The third-order valence-electron chi connectivity index (χ3n) is 8.27. The van der Waals surface area contributed by atoms with Crippen LogP contribution in [0.2, 0.25) is 0 Å². The Kier molecular flexibility index (Phi) is 3.76. The molecule has 0 unspecified atom stereocenters. The molecular formula is C45H28N4O. The predicted octanol–water partition coefficient (Wildman–Crippen LogP) is 11.5. The minimum absolute atomic E-state index is 0.0925. The summed E-state index contributed by atoms with van der Waals surface area (Å²) in [7, 11) is 0. The number of nitrogens with zero attached hydrogens (tertiary/aromatic N) is 4. The molecule has 0 aliphatic carbocycles. The van der Waals surface area contributed by atoms with Crippen molar-refractivity contribution in [2.45, 2.75) is 0 Å². The van der Waals surface area contributed by atoms with E-state index in [1.54, 1.807) is 42.5 Å². The molecule has 0 spiro atoms. The molecule has 0 saturated heterocycles. The minimum Gasteiger partial charge on any atom is -0.456 e. The van der Waals surface area contributed by atoms with E-state index < -0.39 is 135 Å². The van der Waals surface area contributed by atoms with Gasteiger partial charge in [0.2, 0.25) is 0 Å². The minimum atomic E-state index is -0.829. The summed E-state index contributed by atoms with van der Waals surface area (Å²) in [6.45, 7) is 0. The number of aromatic nitrogens is 4. The van der Waals surface area contributed by atoms with Gasteiger partial charge in [-0.15, -0.1) is 0 Å². The first-order valence-corrected chi connectivity index (χ1v) is 15.4. The molecule has 0 saturated carbocycles. The number of rotatable bonds is 5. The van der Waals surface area contributed by atoms with Gasteiger partial charge in [0.25, 0.3) is 0 Å². The van der Waals surface area contributed by atoms with E-state index in [1.165, 1.54) is 0 Å². The van der Waals surface area contributed by atoms with Gasteiger partial charge in [0.15, 0.2) is 17.5 Å². The summed E-state index contributed by atoms with van der Waals surface area (Å²) < 4.78 is 150. The van der Waals surface area contributed by atoms with Gasteiger partial charge < -0.3 is 8.98 Å². The highest BCUT2D eigenvalue weighted by Crippen LogP contribution is 2.36. The second kappa shape index (κ2) is 11.4. The molecule has 0 aliphatic heterocycles. The molecule has 5 nitrogen and oxygen atoms in total.